The number of ether oxygens (including phenoxy) is 1. The predicted octanol–water partition coefficient (Wildman–Crippen LogP) is 0.444. The first-order valence-electron chi connectivity index (χ1n) is 4.02. The van der Waals surface area contributed by atoms with Gasteiger partial charge in [0.1, 0.15) is 6.07 Å². The van der Waals surface area contributed by atoms with E-state index in [0.29, 0.717) is 0 Å². The van der Waals surface area contributed by atoms with Crippen molar-refractivity contribution in [1.29, 1.82) is 5.26 Å². The van der Waals surface area contributed by atoms with Crippen LogP contribution >= 0.6 is 0 Å². The SMILES string of the molecule is COC(=O)c1cc(C(N)=O)ccc1C#N. The Bertz CT molecular complexity index is 460. The van der Waals surface area contributed by atoms with E-state index >= 15 is 0 Å². The maximum Gasteiger partial charge on any atom is 0.339 e. The molecule has 2 N–H and O–H groups in total. The molecule has 0 aliphatic heterocycles. The van der Waals surface area contributed by atoms with E-state index in [0.717, 1.165) is 0 Å². The van der Waals surface area contributed by atoms with Crippen LogP contribution in [0, 0.1) is 11.3 Å². The molecule has 0 heterocycles. The monoisotopic (exact) mass is 204 g/mol. The summed E-state index contributed by atoms with van der Waals surface area (Å²) in [6.07, 6.45) is 0. The molecule has 1 aromatic rings. The van der Waals surface area contributed by atoms with Crippen LogP contribution in [-0.2, 0) is 4.74 Å². The van der Waals surface area contributed by atoms with Crippen molar-refractivity contribution in [1.82, 2.24) is 0 Å². The smallest absolute Gasteiger partial charge is 0.339 e. The van der Waals surface area contributed by atoms with Crippen molar-refractivity contribution in [3.8, 4) is 6.07 Å². The van der Waals surface area contributed by atoms with Crippen molar-refractivity contribution in [2.24, 2.45) is 5.73 Å². The molecule has 0 unspecified atom stereocenters. The molecule has 0 saturated heterocycles. The van der Waals surface area contributed by atoms with Crippen LogP contribution in [0.1, 0.15) is 26.3 Å². The average Bonchev–Trinajstić information content (AvgIpc) is 2.27. The van der Waals surface area contributed by atoms with Gasteiger partial charge in [0.25, 0.3) is 0 Å². The van der Waals surface area contributed by atoms with Crippen LogP contribution in [0.15, 0.2) is 18.2 Å². The number of rotatable bonds is 2. The number of carbonyl (C=O) groups excluding carboxylic acids is 2. The summed E-state index contributed by atoms with van der Waals surface area (Å²) in [6.45, 7) is 0. The summed E-state index contributed by atoms with van der Waals surface area (Å²) in [6, 6.07) is 5.80. The predicted molar refractivity (Wildman–Crippen MR) is 51.0 cm³/mol. The second kappa shape index (κ2) is 4.24. The summed E-state index contributed by atoms with van der Waals surface area (Å²) in [5.74, 6) is -1.33. The van der Waals surface area contributed by atoms with E-state index in [-0.39, 0.29) is 16.7 Å². The van der Waals surface area contributed by atoms with E-state index < -0.39 is 11.9 Å². The Kier molecular flexibility index (Phi) is 3.03. The van der Waals surface area contributed by atoms with Gasteiger partial charge in [0, 0.05) is 5.56 Å². The number of benzene rings is 1. The number of primary amides is 1. The Labute approximate surface area is 86.1 Å². The summed E-state index contributed by atoms with van der Waals surface area (Å²) < 4.78 is 4.47. The number of esters is 1. The van der Waals surface area contributed by atoms with Gasteiger partial charge in [-0.1, -0.05) is 0 Å². The molecule has 0 saturated carbocycles. The molecule has 76 valence electrons. The van der Waals surface area contributed by atoms with Gasteiger partial charge in [0.05, 0.1) is 18.2 Å². The minimum absolute atomic E-state index is 0.0382. The number of methoxy groups -OCH3 is 1. The van der Waals surface area contributed by atoms with Crippen molar-refractivity contribution >= 4 is 11.9 Å². The van der Waals surface area contributed by atoms with Gasteiger partial charge in [-0.2, -0.15) is 5.26 Å². The van der Waals surface area contributed by atoms with E-state index in [2.05, 4.69) is 4.74 Å². The number of hydrogen-bond acceptors (Lipinski definition) is 4. The van der Waals surface area contributed by atoms with Crippen molar-refractivity contribution in [2.75, 3.05) is 7.11 Å². The summed E-state index contributed by atoms with van der Waals surface area (Å²) >= 11 is 0. The number of hydrogen-bond donors (Lipinski definition) is 1. The van der Waals surface area contributed by atoms with Gasteiger partial charge in [-0.05, 0) is 18.2 Å². The largest absolute Gasteiger partial charge is 0.465 e. The molecule has 15 heavy (non-hydrogen) atoms. The van der Waals surface area contributed by atoms with Crippen LogP contribution in [0.4, 0.5) is 0 Å². The average molecular weight is 204 g/mol. The fourth-order valence-electron chi connectivity index (χ4n) is 1.07. The molecule has 0 bridgehead atoms. The second-order valence-electron chi connectivity index (χ2n) is 2.73. The fourth-order valence-corrected chi connectivity index (χ4v) is 1.07. The Hall–Kier alpha value is -2.35. The van der Waals surface area contributed by atoms with E-state index in [9.17, 15) is 9.59 Å². The standard InChI is InChI=1S/C10H8N2O3/c1-15-10(14)8-4-6(9(12)13)2-3-7(8)5-11/h2-4H,1H3,(H2,12,13). The molecule has 0 radical (unpaired) electrons. The minimum atomic E-state index is -0.672. The second-order valence-corrected chi connectivity index (χ2v) is 2.73. The summed E-state index contributed by atoms with van der Waals surface area (Å²) in [7, 11) is 1.19. The zero-order valence-corrected chi connectivity index (χ0v) is 7.98. The lowest BCUT2D eigenvalue weighted by Gasteiger charge is -2.03. The Morgan fingerprint density at radius 1 is 1.47 bits per heavy atom. The molecule has 0 aliphatic rings. The molecular formula is C10H8N2O3. The van der Waals surface area contributed by atoms with Crippen LogP contribution in [0.2, 0.25) is 0 Å². The van der Waals surface area contributed by atoms with E-state index in [1.165, 1.54) is 25.3 Å². The first kappa shape index (κ1) is 10.7. The van der Waals surface area contributed by atoms with E-state index in [1.54, 1.807) is 0 Å². The Morgan fingerprint density at radius 3 is 2.60 bits per heavy atom. The van der Waals surface area contributed by atoms with Crippen molar-refractivity contribution in [3.05, 3.63) is 34.9 Å². The summed E-state index contributed by atoms with van der Waals surface area (Å²) in [5, 5.41) is 8.72. The lowest BCUT2D eigenvalue weighted by Crippen LogP contribution is -2.13. The summed E-state index contributed by atoms with van der Waals surface area (Å²) in [4.78, 5) is 22.1. The number of nitrogens with zero attached hydrogens (tertiary/aromatic N) is 1. The molecule has 1 aromatic carbocycles. The molecule has 0 atom stereocenters. The zero-order chi connectivity index (χ0) is 11.4. The molecule has 5 heteroatoms. The van der Waals surface area contributed by atoms with Crippen LogP contribution in [0.5, 0.6) is 0 Å². The molecule has 1 amide bonds. The van der Waals surface area contributed by atoms with Crippen LogP contribution in [-0.4, -0.2) is 19.0 Å². The number of carbonyl (C=O) groups is 2. The Morgan fingerprint density at radius 2 is 2.13 bits per heavy atom. The molecule has 0 aliphatic carbocycles. The lowest BCUT2D eigenvalue weighted by atomic mass is 10.0. The minimum Gasteiger partial charge on any atom is -0.465 e. The normalized spacial score (nSPS) is 9.07. The summed E-state index contributed by atoms with van der Waals surface area (Å²) in [5.41, 5.74) is 5.39. The number of nitrogens with two attached hydrogens (primary N) is 1. The topological polar surface area (TPSA) is 93.2 Å². The van der Waals surface area contributed by atoms with Crippen molar-refractivity contribution < 1.29 is 14.3 Å². The molecule has 0 fully saturated rings. The van der Waals surface area contributed by atoms with Gasteiger partial charge in [-0.15, -0.1) is 0 Å². The molecular weight excluding hydrogens is 196 g/mol. The highest BCUT2D eigenvalue weighted by atomic mass is 16.5. The maximum absolute atomic E-state index is 11.2. The first-order chi connectivity index (χ1) is 7.10. The quantitative estimate of drug-likeness (QED) is 0.707. The van der Waals surface area contributed by atoms with Crippen LogP contribution in [0.25, 0.3) is 0 Å². The lowest BCUT2D eigenvalue weighted by molar-refractivity contribution is 0.0600. The van der Waals surface area contributed by atoms with Gasteiger partial charge < -0.3 is 10.5 Å². The van der Waals surface area contributed by atoms with Crippen molar-refractivity contribution in [2.45, 2.75) is 0 Å². The number of nitriles is 1. The van der Waals surface area contributed by atoms with Gasteiger partial charge in [0.15, 0.2) is 0 Å². The third kappa shape index (κ3) is 2.11. The van der Waals surface area contributed by atoms with Gasteiger partial charge in [0.2, 0.25) is 5.91 Å². The third-order valence-electron chi connectivity index (χ3n) is 1.83. The highest BCUT2D eigenvalue weighted by Crippen LogP contribution is 2.12. The third-order valence-corrected chi connectivity index (χ3v) is 1.83. The van der Waals surface area contributed by atoms with E-state index in [4.69, 9.17) is 11.0 Å². The highest BCUT2D eigenvalue weighted by molar-refractivity contribution is 5.98. The van der Waals surface area contributed by atoms with Crippen LogP contribution < -0.4 is 5.73 Å². The van der Waals surface area contributed by atoms with Crippen LogP contribution in [0.3, 0.4) is 0 Å². The molecule has 0 spiro atoms. The molecule has 1 rings (SSSR count). The van der Waals surface area contributed by atoms with Gasteiger partial charge in [-0.3, -0.25) is 4.79 Å². The number of amides is 1. The zero-order valence-electron chi connectivity index (χ0n) is 7.98. The highest BCUT2D eigenvalue weighted by Gasteiger charge is 2.13. The van der Waals surface area contributed by atoms with Gasteiger partial charge >= 0.3 is 5.97 Å². The maximum atomic E-state index is 11.2. The van der Waals surface area contributed by atoms with E-state index in [1.807, 2.05) is 6.07 Å². The fraction of sp³-hybridized carbons (Fsp3) is 0.100. The molecule has 5 nitrogen and oxygen atoms in total. The Balaban J connectivity index is 3.33. The van der Waals surface area contributed by atoms with Gasteiger partial charge in [-0.25, -0.2) is 4.79 Å². The molecule has 0 aromatic heterocycles. The van der Waals surface area contributed by atoms with Crippen molar-refractivity contribution in [3.63, 3.8) is 0 Å². The first-order valence-corrected chi connectivity index (χ1v) is 4.02.